The lowest BCUT2D eigenvalue weighted by atomic mass is 10.0. The number of carbonyl (C=O) groups excluding carboxylic acids is 1. The van der Waals surface area contributed by atoms with Gasteiger partial charge in [-0.2, -0.15) is 0 Å². The highest BCUT2D eigenvalue weighted by Gasteiger charge is 2.17. The van der Waals surface area contributed by atoms with E-state index in [4.69, 9.17) is 16.0 Å². The second-order valence-electron chi connectivity index (χ2n) is 4.96. The van der Waals surface area contributed by atoms with E-state index in [9.17, 15) is 14.7 Å². The van der Waals surface area contributed by atoms with Gasteiger partial charge >= 0.3 is 0 Å². The van der Waals surface area contributed by atoms with Gasteiger partial charge in [-0.25, -0.2) is 0 Å². The van der Waals surface area contributed by atoms with Gasteiger partial charge in [0.15, 0.2) is 11.9 Å². The summed E-state index contributed by atoms with van der Waals surface area (Å²) in [4.78, 5) is 23.7. The monoisotopic (exact) mass is 314 g/mol. The fourth-order valence-corrected chi connectivity index (χ4v) is 2.51. The van der Waals surface area contributed by atoms with Gasteiger partial charge in [0.05, 0.1) is 16.0 Å². The third kappa shape index (κ3) is 2.18. The number of aromatic hydroxyl groups is 1. The molecule has 5 heteroatoms. The lowest BCUT2D eigenvalue weighted by molar-refractivity contribution is 0.112. The van der Waals surface area contributed by atoms with E-state index < -0.39 is 5.75 Å². The molecule has 0 aliphatic carbocycles. The molecule has 0 unspecified atom stereocenters. The molecule has 0 spiro atoms. The molecular weight excluding hydrogens is 304 g/mol. The molecule has 1 heterocycles. The first-order valence-corrected chi connectivity index (χ1v) is 6.90. The molecule has 0 aliphatic rings. The highest BCUT2D eigenvalue weighted by atomic mass is 35.5. The molecule has 2 aromatic carbocycles. The van der Waals surface area contributed by atoms with Crippen LogP contribution in [-0.2, 0) is 0 Å². The highest BCUT2D eigenvalue weighted by molar-refractivity contribution is 6.33. The SMILES string of the molecule is Cc1ccc(-c2coc3c(C=O)c(O)c(Cl)cc3c2=O)cc1. The largest absolute Gasteiger partial charge is 0.505 e. The number of halogens is 1. The molecule has 0 fully saturated rings. The molecule has 0 atom stereocenters. The summed E-state index contributed by atoms with van der Waals surface area (Å²) in [6, 6.07) is 8.72. The normalized spacial score (nSPS) is 10.8. The van der Waals surface area contributed by atoms with Gasteiger partial charge in [0.1, 0.15) is 17.6 Å². The minimum atomic E-state index is -0.393. The van der Waals surface area contributed by atoms with Gasteiger partial charge in [0.2, 0.25) is 5.43 Å². The zero-order valence-corrected chi connectivity index (χ0v) is 12.3. The van der Waals surface area contributed by atoms with Crippen LogP contribution in [0.4, 0.5) is 0 Å². The molecular formula is C17H11ClO4. The molecule has 1 aromatic heterocycles. The van der Waals surface area contributed by atoms with Gasteiger partial charge in [-0.3, -0.25) is 9.59 Å². The van der Waals surface area contributed by atoms with Crippen LogP contribution < -0.4 is 5.43 Å². The van der Waals surface area contributed by atoms with Crippen molar-refractivity contribution in [2.75, 3.05) is 0 Å². The molecule has 0 radical (unpaired) electrons. The Hall–Kier alpha value is -2.59. The summed E-state index contributed by atoms with van der Waals surface area (Å²) < 4.78 is 5.42. The van der Waals surface area contributed by atoms with E-state index in [-0.39, 0.29) is 27.0 Å². The van der Waals surface area contributed by atoms with E-state index in [0.29, 0.717) is 17.4 Å². The maximum absolute atomic E-state index is 12.6. The zero-order valence-electron chi connectivity index (χ0n) is 11.6. The van der Waals surface area contributed by atoms with Gasteiger partial charge in [-0.15, -0.1) is 0 Å². The highest BCUT2D eigenvalue weighted by Crippen LogP contribution is 2.33. The van der Waals surface area contributed by atoms with Crippen LogP contribution in [0.1, 0.15) is 15.9 Å². The van der Waals surface area contributed by atoms with Crippen LogP contribution in [0.5, 0.6) is 5.75 Å². The quantitative estimate of drug-likeness (QED) is 0.727. The number of hydrogen-bond donors (Lipinski definition) is 1. The number of aldehydes is 1. The van der Waals surface area contributed by atoms with Crippen molar-refractivity contribution in [2.45, 2.75) is 6.92 Å². The van der Waals surface area contributed by atoms with E-state index in [1.54, 1.807) is 0 Å². The summed E-state index contributed by atoms with van der Waals surface area (Å²) >= 11 is 5.87. The van der Waals surface area contributed by atoms with Crippen molar-refractivity contribution in [3.05, 3.63) is 63.0 Å². The Morgan fingerprint density at radius 1 is 1.23 bits per heavy atom. The summed E-state index contributed by atoms with van der Waals surface area (Å²) in [5.74, 6) is -0.393. The van der Waals surface area contributed by atoms with E-state index in [0.717, 1.165) is 5.56 Å². The Labute approximate surface area is 130 Å². The number of benzene rings is 2. The number of aryl methyl sites for hydroxylation is 1. The minimum absolute atomic E-state index is 0.0257. The van der Waals surface area contributed by atoms with Crippen molar-refractivity contribution >= 4 is 28.9 Å². The van der Waals surface area contributed by atoms with Crippen LogP contribution >= 0.6 is 11.6 Å². The molecule has 0 saturated carbocycles. The molecule has 0 bridgehead atoms. The van der Waals surface area contributed by atoms with Crippen LogP contribution in [0.25, 0.3) is 22.1 Å². The van der Waals surface area contributed by atoms with Crippen molar-refractivity contribution in [1.82, 2.24) is 0 Å². The van der Waals surface area contributed by atoms with E-state index in [1.165, 1.54) is 12.3 Å². The Bertz CT molecular complexity index is 940. The fraction of sp³-hybridized carbons (Fsp3) is 0.0588. The van der Waals surface area contributed by atoms with Crippen LogP contribution in [0.2, 0.25) is 5.02 Å². The first-order valence-electron chi connectivity index (χ1n) is 6.52. The maximum Gasteiger partial charge on any atom is 0.200 e. The molecule has 3 aromatic rings. The zero-order chi connectivity index (χ0) is 15.9. The van der Waals surface area contributed by atoms with Crippen molar-refractivity contribution < 1.29 is 14.3 Å². The fourth-order valence-electron chi connectivity index (χ4n) is 2.30. The average molecular weight is 315 g/mol. The molecule has 22 heavy (non-hydrogen) atoms. The van der Waals surface area contributed by atoms with Crippen LogP contribution in [0.3, 0.4) is 0 Å². The second kappa shape index (κ2) is 5.31. The summed E-state index contributed by atoms with van der Waals surface area (Å²) in [7, 11) is 0. The Balaban J connectivity index is 2.35. The van der Waals surface area contributed by atoms with Crippen molar-refractivity contribution in [3.8, 4) is 16.9 Å². The van der Waals surface area contributed by atoms with Gasteiger partial charge in [0.25, 0.3) is 0 Å². The molecule has 0 saturated heterocycles. The van der Waals surface area contributed by atoms with Crippen molar-refractivity contribution in [3.63, 3.8) is 0 Å². The molecule has 3 rings (SSSR count). The molecule has 110 valence electrons. The molecule has 0 aliphatic heterocycles. The standard InChI is InChI=1S/C17H11ClO4/c1-9-2-4-10(5-3-9)13-8-22-17-11(15(13)20)6-14(18)16(21)12(17)7-19/h2-8,21H,1H3. The van der Waals surface area contributed by atoms with E-state index >= 15 is 0 Å². The van der Waals surface area contributed by atoms with Crippen LogP contribution in [0, 0.1) is 6.92 Å². The molecule has 4 nitrogen and oxygen atoms in total. The minimum Gasteiger partial charge on any atom is -0.505 e. The van der Waals surface area contributed by atoms with Crippen LogP contribution in [-0.4, -0.2) is 11.4 Å². The van der Waals surface area contributed by atoms with Gasteiger partial charge < -0.3 is 9.52 Å². The number of phenolic OH excluding ortho intramolecular Hbond substituents is 1. The summed E-state index contributed by atoms with van der Waals surface area (Å²) in [5, 5.41) is 9.87. The number of phenols is 1. The Morgan fingerprint density at radius 2 is 1.91 bits per heavy atom. The predicted molar refractivity (Wildman–Crippen MR) is 84.7 cm³/mol. The number of hydrogen-bond acceptors (Lipinski definition) is 4. The van der Waals surface area contributed by atoms with Gasteiger partial charge in [-0.1, -0.05) is 41.4 Å². The number of carbonyl (C=O) groups is 1. The molecule has 0 amide bonds. The van der Waals surface area contributed by atoms with Crippen molar-refractivity contribution in [2.24, 2.45) is 0 Å². The first kappa shape index (κ1) is 14.4. The van der Waals surface area contributed by atoms with E-state index in [2.05, 4.69) is 0 Å². The summed E-state index contributed by atoms with van der Waals surface area (Å²) in [6.45, 7) is 1.95. The topological polar surface area (TPSA) is 67.5 Å². The van der Waals surface area contributed by atoms with E-state index in [1.807, 2.05) is 31.2 Å². The average Bonchev–Trinajstić information content (AvgIpc) is 2.51. The summed E-state index contributed by atoms with van der Waals surface area (Å²) in [6.07, 6.45) is 1.70. The Kier molecular flexibility index (Phi) is 3.47. The predicted octanol–water partition coefficient (Wildman–Crippen LogP) is 3.94. The van der Waals surface area contributed by atoms with Crippen molar-refractivity contribution in [1.29, 1.82) is 0 Å². The van der Waals surface area contributed by atoms with Crippen LogP contribution in [0.15, 0.2) is 45.8 Å². The third-order valence-electron chi connectivity index (χ3n) is 3.51. The first-order chi connectivity index (χ1) is 10.5. The smallest absolute Gasteiger partial charge is 0.200 e. The third-order valence-corrected chi connectivity index (χ3v) is 3.79. The lowest BCUT2D eigenvalue weighted by Gasteiger charge is -2.07. The Morgan fingerprint density at radius 3 is 2.55 bits per heavy atom. The maximum atomic E-state index is 12.6. The number of fused-ring (bicyclic) bond motifs is 1. The lowest BCUT2D eigenvalue weighted by Crippen LogP contribution is -2.06. The summed E-state index contributed by atoms with van der Waals surface area (Å²) in [5.41, 5.74) is 1.73. The van der Waals surface area contributed by atoms with Gasteiger partial charge in [-0.05, 0) is 18.6 Å². The van der Waals surface area contributed by atoms with Gasteiger partial charge in [0, 0.05) is 0 Å². The second-order valence-corrected chi connectivity index (χ2v) is 5.37. The number of rotatable bonds is 2. The molecule has 1 N–H and O–H groups in total.